The van der Waals surface area contributed by atoms with Gasteiger partial charge in [-0.25, -0.2) is 8.42 Å². The number of sulfonamides is 1. The first-order chi connectivity index (χ1) is 10.9. The summed E-state index contributed by atoms with van der Waals surface area (Å²) in [6.07, 6.45) is 0. The highest BCUT2D eigenvalue weighted by atomic mass is 35.5. The van der Waals surface area contributed by atoms with E-state index in [-0.39, 0.29) is 14.7 Å². The minimum absolute atomic E-state index is 0.00180. The van der Waals surface area contributed by atoms with E-state index in [0.29, 0.717) is 17.6 Å². The Kier molecular flexibility index (Phi) is 4.18. The number of fused-ring (bicyclic) bond motifs is 1. The summed E-state index contributed by atoms with van der Waals surface area (Å²) in [4.78, 5) is 12.0. The first-order valence-electron chi connectivity index (χ1n) is 6.83. The van der Waals surface area contributed by atoms with Crippen LogP contribution in [-0.4, -0.2) is 12.4 Å². The summed E-state index contributed by atoms with van der Waals surface area (Å²) >= 11 is 7.06. The van der Waals surface area contributed by atoms with Crippen molar-refractivity contribution in [1.82, 2.24) is 3.96 Å². The molecule has 3 rings (SSSR count). The van der Waals surface area contributed by atoms with Crippen LogP contribution in [0.25, 0.3) is 10.9 Å². The van der Waals surface area contributed by atoms with Crippen LogP contribution in [0.15, 0.2) is 52.2 Å². The average Bonchev–Trinajstić information content (AvgIpc) is 2.83. The predicted molar refractivity (Wildman–Crippen MR) is 94.0 cm³/mol. The Bertz CT molecular complexity index is 1040. The molecule has 0 amide bonds. The van der Waals surface area contributed by atoms with E-state index in [0.717, 1.165) is 17.0 Å². The van der Waals surface area contributed by atoms with Gasteiger partial charge < -0.3 is 0 Å². The first-order valence-corrected chi connectivity index (χ1v) is 9.47. The monoisotopic (exact) mass is 368 g/mol. The van der Waals surface area contributed by atoms with Crippen molar-refractivity contribution in [2.75, 3.05) is 4.72 Å². The summed E-state index contributed by atoms with van der Waals surface area (Å²) in [5.41, 5.74) is 1.12. The zero-order chi connectivity index (χ0) is 16.6. The molecule has 120 valence electrons. The number of hydrogen-bond donors (Lipinski definition) is 1. The minimum atomic E-state index is -3.81. The topological polar surface area (TPSA) is 68.2 Å². The van der Waals surface area contributed by atoms with E-state index >= 15 is 0 Å². The van der Waals surface area contributed by atoms with Crippen molar-refractivity contribution in [1.29, 1.82) is 0 Å². The minimum Gasteiger partial charge on any atom is -0.294 e. The van der Waals surface area contributed by atoms with Gasteiger partial charge in [0.15, 0.2) is 0 Å². The van der Waals surface area contributed by atoms with Crippen molar-refractivity contribution in [2.45, 2.75) is 18.4 Å². The normalized spacial score (nSPS) is 11.7. The Morgan fingerprint density at radius 2 is 1.96 bits per heavy atom. The summed E-state index contributed by atoms with van der Waals surface area (Å²) in [6, 6.07) is 11.1. The van der Waals surface area contributed by atoms with Gasteiger partial charge in [0.25, 0.3) is 14.8 Å². The van der Waals surface area contributed by atoms with Crippen LogP contribution in [-0.2, 0) is 16.6 Å². The van der Waals surface area contributed by atoms with Crippen molar-refractivity contribution in [3.8, 4) is 0 Å². The van der Waals surface area contributed by atoms with Gasteiger partial charge in [0.1, 0.15) is 4.90 Å². The Labute approximate surface area is 142 Å². The summed E-state index contributed by atoms with van der Waals surface area (Å²) in [5.74, 6) is 0. The lowest BCUT2D eigenvalue weighted by Gasteiger charge is -2.09. The van der Waals surface area contributed by atoms with Crippen LogP contribution in [0.2, 0.25) is 5.02 Å². The lowest BCUT2D eigenvalue weighted by molar-refractivity contribution is 0.601. The van der Waals surface area contributed by atoms with Gasteiger partial charge in [-0.2, -0.15) is 0 Å². The predicted octanol–water partition coefficient (Wildman–Crippen LogP) is 3.54. The summed E-state index contributed by atoms with van der Waals surface area (Å²) in [6.45, 7) is 2.64. The molecule has 0 unspecified atom stereocenters. The van der Waals surface area contributed by atoms with Crippen molar-refractivity contribution in [2.24, 2.45) is 0 Å². The van der Waals surface area contributed by atoms with Crippen LogP contribution in [0.5, 0.6) is 0 Å². The van der Waals surface area contributed by atoms with Crippen LogP contribution in [0.4, 0.5) is 5.69 Å². The summed E-state index contributed by atoms with van der Waals surface area (Å²) in [7, 11) is -3.81. The van der Waals surface area contributed by atoms with E-state index in [9.17, 15) is 13.2 Å². The fraction of sp³-hybridized carbons (Fsp3) is 0.133. The molecule has 3 aromatic rings. The molecule has 0 aliphatic carbocycles. The number of aromatic nitrogens is 1. The van der Waals surface area contributed by atoms with Gasteiger partial charge in [0, 0.05) is 12.2 Å². The number of anilines is 1. The van der Waals surface area contributed by atoms with Gasteiger partial charge in [-0.05, 0) is 48.8 Å². The third-order valence-corrected chi connectivity index (χ3v) is 6.29. The van der Waals surface area contributed by atoms with E-state index < -0.39 is 10.0 Å². The molecule has 0 radical (unpaired) electrons. The third kappa shape index (κ3) is 2.99. The van der Waals surface area contributed by atoms with Crippen molar-refractivity contribution in [3.63, 3.8) is 0 Å². The van der Waals surface area contributed by atoms with Gasteiger partial charge in [-0.1, -0.05) is 23.7 Å². The summed E-state index contributed by atoms with van der Waals surface area (Å²) in [5, 5.41) is 0.640. The van der Waals surface area contributed by atoms with E-state index in [1.54, 1.807) is 30.3 Å². The van der Waals surface area contributed by atoms with Gasteiger partial charge in [-0.15, -0.1) is 0 Å². The molecular formula is C15H13ClN2O3S2. The van der Waals surface area contributed by atoms with Crippen LogP contribution in [0.3, 0.4) is 0 Å². The largest absolute Gasteiger partial charge is 0.294 e. The molecule has 5 nitrogen and oxygen atoms in total. The molecule has 1 N–H and O–H groups in total. The average molecular weight is 369 g/mol. The van der Waals surface area contributed by atoms with Crippen molar-refractivity contribution in [3.05, 3.63) is 57.0 Å². The Balaban J connectivity index is 2.03. The number of halogens is 1. The zero-order valence-corrected chi connectivity index (χ0v) is 14.5. The standard InChI is InChI=1S/C15H13ClN2O3S2/c1-2-18-13-8-7-10(9-11(13)15(19)22-18)17-23(20,21)14-6-4-3-5-12(14)16/h3-9,17H,2H2,1H3. The molecule has 0 saturated heterocycles. The molecule has 0 aliphatic rings. The molecule has 0 spiro atoms. The molecule has 8 heteroatoms. The second-order valence-corrected chi connectivity index (χ2v) is 7.89. The number of rotatable bonds is 4. The fourth-order valence-corrected chi connectivity index (χ4v) is 4.71. The van der Waals surface area contributed by atoms with Crippen LogP contribution < -0.4 is 9.46 Å². The molecule has 23 heavy (non-hydrogen) atoms. The Hall–Kier alpha value is -1.83. The quantitative estimate of drug-likeness (QED) is 0.765. The van der Waals surface area contributed by atoms with Gasteiger partial charge in [0.05, 0.1) is 15.9 Å². The van der Waals surface area contributed by atoms with Gasteiger partial charge in [0.2, 0.25) is 0 Å². The second-order valence-electron chi connectivity index (χ2n) is 4.84. The SMILES string of the molecule is CCn1sc(=O)c2cc(NS(=O)(=O)c3ccccc3Cl)ccc21. The third-order valence-electron chi connectivity index (χ3n) is 3.34. The smallest absolute Gasteiger partial charge is 0.263 e. The highest BCUT2D eigenvalue weighted by Crippen LogP contribution is 2.25. The second kappa shape index (κ2) is 5.99. The van der Waals surface area contributed by atoms with Crippen molar-refractivity contribution >= 4 is 49.7 Å². The molecule has 0 saturated carbocycles. The molecule has 1 heterocycles. The number of benzene rings is 2. The van der Waals surface area contributed by atoms with Crippen molar-refractivity contribution < 1.29 is 8.42 Å². The Morgan fingerprint density at radius 3 is 2.65 bits per heavy atom. The number of nitrogens with one attached hydrogen (secondary N) is 1. The van der Waals surface area contributed by atoms with Crippen LogP contribution in [0.1, 0.15) is 6.92 Å². The fourth-order valence-electron chi connectivity index (χ4n) is 2.29. The number of nitrogens with zero attached hydrogens (tertiary/aromatic N) is 1. The van der Waals surface area contributed by atoms with E-state index in [1.807, 2.05) is 10.9 Å². The molecule has 0 bridgehead atoms. The lowest BCUT2D eigenvalue weighted by atomic mass is 10.2. The first kappa shape index (κ1) is 16.0. The molecule has 0 atom stereocenters. The number of hydrogen-bond acceptors (Lipinski definition) is 4. The zero-order valence-electron chi connectivity index (χ0n) is 12.1. The van der Waals surface area contributed by atoms with E-state index in [2.05, 4.69) is 4.72 Å². The lowest BCUT2D eigenvalue weighted by Crippen LogP contribution is -2.13. The van der Waals surface area contributed by atoms with E-state index in [1.165, 1.54) is 12.1 Å². The molecule has 1 aromatic heterocycles. The molecule has 0 fully saturated rings. The van der Waals surface area contributed by atoms with Gasteiger partial charge >= 0.3 is 0 Å². The molecule has 0 aliphatic heterocycles. The van der Waals surface area contributed by atoms with E-state index in [4.69, 9.17) is 11.6 Å². The highest BCUT2D eigenvalue weighted by Gasteiger charge is 2.18. The highest BCUT2D eigenvalue weighted by molar-refractivity contribution is 7.92. The van der Waals surface area contributed by atoms with Crippen LogP contribution >= 0.6 is 23.1 Å². The Morgan fingerprint density at radius 1 is 1.22 bits per heavy atom. The molecule has 2 aromatic carbocycles. The maximum atomic E-state index is 12.4. The molecular weight excluding hydrogens is 356 g/mol. The number of aryl methyl sites for hydroxylation is 1. The maximum Gasteiger partial charge on any atom is 0.263 e. The maximum absolute atomic E-state index is 12.4. The van der Waals surface area contributed by atoms with Gasteiger partial charge in [-0.3, -0.25) is 13.5 Å². The summed E-state index contributed by atoms with van der Waals surface area (Å²) < 4.78 is 29.1. The van der Waals surface area contributed by atoms with Crippen LogP contribution in [0, 0.1) is 0 Å².